The van der Waals surface area contributed by atoms with E-state index < -0.39 is 10.0 Å². The number of nitrogens with two attached hydrogens (primary N) is 1. The standard InChI is InChI=1S/C15H16N2O3S/c1-10-9-14(7-8-15(10)16)21(19,20)17-13-5-3-12(4-6-13)11(2)18/h3-9,17H,16H2,1-2H3. The van der Waals surface area contributed by atoms with Crippen molar-refractivity contribution in [3.05, 3.63) is 53.6 Å². The number of rotatable bonds is 4. The van der Waals surface area contributed by atoms with Gasteiger partial charge < -0.3 is 5.73 Å². The molecule has 110 valence electrons. The summed E-state index contributed by atoms with van der Waals surface area (Å²) >= 11 is 0. The molecular formula is C15H16N2O3S. The minimum Gasteiger partial charge on any atom is -0.399 e. The number of nitrogen functional groups attached to an aromatic ring is 1. The van der Waals surface area contributed by atoms with Crippen LogP contribution < -0.4 is 10.5 Å². The number of aryl methyl sites for hydroxylation is 1. The highest BCUT2D eigenvalue weighted by Crippen LogP contribution is 2.20. The lowest BCUT2D eigenvalue weighted by atomic mass is 10.1. The molecule has 0 saturated carbocycles. The first-order chi connectivity index (χ1) is 9.79. The summed E-state index contributed by atoms with van der Waals surface area (Å²) in [6.45, 7) is 3.20. The Kier molecular flexibility index (Phi) is 3.99. The topological polar surface area (TPSA) is 89.3 Å². The van der Waals surface area contributed by atoms with E-state index in [2.05, 4.69) is 4.72 Å². The number of hydrogen-bond donors (Lipinski definition) is 2. The molecule has 5 nitrogen and oxygen atoms in total. The van der Waals surface area contributed by atoms with Crippen LogP contribution in [0.5, 0.6) is 0 Å². The first-order valence-corrected chi connectivity index (χ1v) is 7.78. The molecule has 2 rings (SSSR count). The number of sulfonamides is 1. The van der Waals surface area contributed by atoms with E-state index in [1.54, 1.807) is 37.3 Å². The van der Waals surface area contributed by atoms with Gasteiger partial charge in [-0.2, -0.15) is 0 Å². The number of hydrogen-bond acceptors (Lipinski definition) is 4. The SMILES string of the molecule is CC(=O)c1ccc(NS(=O)(=O)c2ccc(N)c(C)c2)cc1. The molecule has 0 aliphatic heterocycles. The van der Waals surface area contributed by atoms with Gasteiger partial charge in [-0.3, -0.25) is 9.52 Å². The normalized spacial score (nSPS) is 11.1. The van der Waals surface area contributed by atoms with Crippen molar-refractivity contribution in [2.75, 3.05) is 10.5 Å². The maximum atomic E-state index is 12.3. The molecule has 2 aromatic rings. The number of benzene rings is 2. The van der Waals surface area contributed by atoms with Crippen LogP contribution in [0.15, 0.2) is 47.4 Å². The van der Waals surface area contributed by atoms with Gasteiger partial charge in [-0.1, -0.05) is 0 Å². The maximum Gasteiger partial charge on any atom is 0.261 e. The fraction of sp³-hybridized carbons (Fsp3) is 0.133. The zero-order valence-corrected chi connectivity index (χ0v) is 12.6. The van der Waals surface area contributed by atoms with Gasteiger partial charge in [0.15, 0.2) is 5.78 Å². The lowest BCUT2D eigenvalue weighted by Crippen LogP contribution is -2.13. The van der Waals surface area contributed by atoms with E-state index in [9.17, 15) is 13.2 Å². The molecule has 0 aromatic heterocycles. The monoisotopic (exact) mass is 304 g/mol. The van der Waals surface area contributed by atoms with Crippen LogP contribution in [0.4, 0.5) is 11.4 Å². The third-order valence-corrected chi connectivity index (χ3v) is 4.47. The molecule has 0 bridgehead atoms. The predicted molar refractivity (Wildman–Crippen MR) is 82.8 cm³/mol. The summed E-state index contributed by atoms with van der Waals surface area (Å²) in [4.78, 5) is 11.3. The number of ketones is 1. The second-order valence-electron chi connectivity index (χ2n) is 4.76. The molecule has 0 atom stereocenters. The van der Waals surface area contributed by atoms with E-state index in [4.69, 9.17) is 5.73 Å². The molecule has 0 aliphatic rings. The third-order valence-electron chi connectivity index (χ3n) is 3.10. The second-order valence-corrected chi connectivity index (χ2v) is 6.44. The molecule has 3 N–H and O–H groups in total. The van der Waals surface area contributed by atoms with E-state index >= 15 is 0 Å². The Morgan fingerprint density at radius 1 is 1.10 bits per heavy atom. The van der Waals surface area contributed by atoms with Crippen LogP contribution in [0.2, 0.25) is 0 Å². The highest BCUT2D eigenvalue weighted by molar-refractivity contribution is 7.92. The summed E-state index contributed by atoms with van der Waals surface area (Å²) < 4.78 is 27.0. The highest BCUT2D eigenvalue weighted by Gasteiger charge is 2.15. The number of carbonyl (C=O) groups is 1. The van der Waals surface area contributed by atoms with Crippen molar-refractivity contribution >= 4 is 27.2 Å². The molecule has 0 spiro atoms. The molecule has 2 aromatic carbocycles. The average molecular weight is 304 g/mol. The van der Waals surface area contributed by atoms with E-state index in [1.165, 1.54) is 19.1 Å². The lowest BCUT2D eigenvalue weighted by molar-refractivity contribution is 0.101. The number of nitrogens with one attached hydrogen (secondary N) is 1. The van der Waals surface area contributed by atoms with Crippen LogP contribution in [0.3, 0.4) is 0 Å². The third kappa shape index (κ3) is 3.41. The number of anilines is 2. The Balaban J connectivity index is 2.28. The quantitative estimate of drug-likeness (QED) is 0.671. The summed E-state index contributed by atoms with van der Waals surface area (Å²) in [7, 11) is -3.68. The molecule has 0 fully saturated rings. The summed E-state index contributed by atoms with van der Waals surface area (Å²) in [5, 5.41) is 0. The smallest absolute Gasteiger partial charge is 0.261 e. The van der Waals surface area contributed by atoms with Crippen molar-refractivity contribution in [2.45, 2.75) is 18.7 Å². The van der Waals surface area contributed by atoms with Crippen LogP contribution in [-0.4, -0.2) is 14.2 Å². The van der Waals surface area contributed by atoms with Crippen molar-refractivity contribution in [3.63, 3.8) is 0 Å². The van der Waals surface area contributed by atoms with Crippen molar-refractivity contribution in [3.8, 4) is 0 Å². The Hall–Kier alpha value is -2.34. The van der Waals surface area contributed by atoms with Crippen LogP contribution in [0.1, 0.15) is 22.8 Å². The number of Topliss-reactive ketones (excluding diaryl/α,β-unsaturated/α-hetero) is 1. The van der Waals surface area contributed by atoms with Gasteiger partial charge in [-0.25, -0.2) is 8.42 Å². The fourth-order valence-electron chi connectivity index (χ4n) is 1.80. The van der Waals surface area contributed by atoms with Crippen LogP contribution in [0.25, 0.3) is 0 Å². The van der Waals surface area contributed by atoms with E-state index in [0.29, 0.717) is 22.5 Å². The molecule has 0 saturated heterocycles. The van der Waals surface area contributed by atoms with Gasteiger partial charge in [0.2, 0.25) is 0 Å². The first kappa shape index (κ1) is 15.1. The minimum absolute atomic E-state index is 0.0708. The Bertz CT molecular complexity index is 781. The Labute approximate surface area is 123 Å². The molecular weight excluding hydrogens is 288 g/mol. The summed E-state index contributed by atoms with van der Waals surface area (Å²) in [5.41, 5.74) is 7.85. The van der Waals surface area contributed by atoms with Gasteiger partial charge in [0.25, 0.3) is 10.0 Å². The number of carbonyl (C=O) groups excluding carboxylic acids is 1. The second kappa shape index (κ2) is 5.57. The molecule has 0 aliphatic carbocycles. The molecule has 0 amide bonds. The van der Waals surface area contributed by atoms with Gasteiger partial charge in [0, 0.05) is 16.9 Å². The van der Waals surface area contributed by atoms with Gasteiger partial charge in [0.1, 0.15) is 0 Å². The highest BCUT2D eigenvalue weighted by atomic mass is 32.2. The van der Waals surface area contributed by atoms with Crippen molar-refractivity contribution in [2.24, 2.45) is 0 Å². The maximum absolute atomic E-state index is 12.3. The van der Waals surface area contributed by atoms with Crippen LogP contribution in [-0.2, 0) is 10.0 Å². The van der Waals surface area contributed by atoms with Gasteiger partial charge in [-0.15, -0.1) is 0 Å². The van der Waals surface area contributed by atoms with E-state index in [1.807, 2.05) is 0 Å². The first-order valence-electron chi connectivity index (χ1n) is 6.29. The van der Waals surface area contributed by atoms with Crippen molar-refractivity contribution < 1.29 is 13.2 Å². The van der Waals surface area contributed by atoms with E-state index in [-0.39, 0.29) is 10.7 Å². The van der Waals surface area contributed by atoms with E-state index in [0.717, 1.165) is 0 Å². The van der Waals surface area contributed by atoms with Gasteiger partial charge in [-0.05, 0) is 61.9 Å². The summed E-state index contributed by atoms with van der Waals surface area (Å²) in [6, 6.07) is 10.8. The molecule has 0 radical (unpaired) electrons. The van der Waals surface area contributed by atoms with Gasteiger partial charge >= 0.3 is 0 Å². The summed E-state index contributed by atoms with van der Waals surface area (Å²) in [6.07, 6.45) is 0. The van der Waals surface area contributed by atoms with Crippen molar-refractivity contribution in [1.29, 1.82) is 0 Å². The average Bonchev–Trinajstić information content (AvgIpc) is 2.42. The van der Waals surface area contributed by atoms with Gasteiger partial charge in [0.05, 0.1) is 4.90 Å². The zero-order chi connectivity index (χ0) is 15.6. The zero-order valence-electron chi connectivity index (χ0n) is 11.8. The Morgan fingerprint density at radius 3 is 2.24 bits per heavy atom. The minimum atomic E-state index is -3.68. The fourth-order valence-corrected chi connectivity index (χ4v) is 2.95. The summed E-state index contributed by atoms with van der Waals surface area (Å²) in [5.74, 6) is -0.0708. The lowest BCUT2D eigenvalue weighted by Gasteiger charge is -2.10. The molecule has 0 heterocycles. The van der Waals surface area contributed by atoms with Crippen LogP contribution in [0, 0.1) is 6.92 Å². The predicted octanol–water partition coefficient (Wildman–Crippen LogP) is 2.58. The molecule has 21 heavy (non-hydrogen) atoms. The van der Waals surface area contributed by atoms with Crippen LogP contribution >= 0.6 is 0 Å². The molecule has 0 unspecified atom stereocenters. The van der Waals surface area contributed by atoms with Crippen molar-refractivity contribution in [1.82, 2.24) is 0 Å². The Morgan fingerprint density at radius 2 is 1.71 bits per heavy atom. The largest absolute Gasteiger partial charge is 0.399 e. The molecule has 6 heteroatoms.